The second-order valence-corrected chi connectivity index (χ2v) is 18.1. The van der Waals surface area contributed by atoms with Crippen LogP contribution in [0.25, 0.3) is 0 Å². The van der Waals surface area contributed by atoms with Crippen LogP contribution in [0.15, 0.2) is 27.6 Å². The number of piperidine rings is 1. The lowest BCUT2D eigenvalue weighted by molar-refractivity contribution is -0.205. The molecule has 2 N–H and O–H groups in total. The third-order valence-corrected chi connectivity index (χ3v) is 15.8. The molecule has 4 saturated carbocycles. The third-order valence-electron chi connectivity index (χ3n) is 13.7. The van der Waals surface area contributed by atoms with E-state index in [0.717, 1.165) is 102 Å². The first kappa shape index (κ1) is 36.1. The van der Waals surface area contributed by atoms with Gasteiger partial charge in [0, 0.05) is 30.6 Å². The first-order valence-corrected chi connectivity index (χ1v) is 20.5. The number of rotatable bonds is 11. The van der Waals surface area contributed by atoms with Gasteiger partial charge < -0.3 is 33.5 Å². The van der Waals surface area contributed by atoms with Crippen molar-refractivity contribution in [1.29, 1.82) is 0 Å². The highest BCUT2D eigenvalue weighted by molar-refractivity contribution is 7.53. The minimum absolute atomic E-state index is 0.0633. The van der Waals surface area contributed by atoms with Gasteiger partial charge in [-0.2, -0.15) is 0 Å². The summed E-state index contributed by atoms with van der Waals surface area (Å²) >= 11 is 0. The van der Waals surface area contributed by atoms with E-state index in [9.17, 15) is 19.3 Å². The molecule has 1 saturated heterocycles. The Labute approximate surface area is 286 Å². The number of carbonyl (C=O) groups excluding carboxylic acids is 1. The van der Waals surface area contributed by atoms with Crippen LogP contribution in [-0.2, 0) is 18.3 Å². The van der Waals surface area contributed by atoms with Gasteiger partial charge in [0.2, 0.25) is 0 Å². The molecule has 1 aromatic rings. The van der Waals surface area contributed by atoms with Crippen LogP contribution in [-0.4, -0.2) is 72.9 Å². The largest absolute Gasteiger partial charge is 0.446 e. The molecule has 1 aliphatic heterocycles. The van der Waals surface area contributed by atoms with Crippen molar-refractivity contribution >= 4 is 13.7 Å². The fourth-order valence-corrected chi connectivity index (χ4v) is 12.7. The highest BCUT2D eigenvalue weighted by atomic mass is 31.2. The van der Waals surface area contributed by atoms with E-state index in [1.165, 1.54) is 6.07 Å². The van der Waals surface area contributed by atoms with Crippen molar-refractivity contribution < 1.29 is 32.7 Å². The van der Waals surface area contributed by atoms with Gasteiger partial charge in [0.05, 0.1) is 31.2 Å². The molecule has 0 spiro atoms. The second kappa shape index (κ2) is 14.5. The summed E-state index contributed by atoms with van der Waals surface area (Å²) in [6, 6.07) is 3.51. The highest BCUT2D eigenvalue weighted by Crippen LogP contribution is 2.70. The maximum Gasteiger partial charge on any atom is 0.407 e. The molecule has 6 rings (SSSR count). The number of nitrogens with one attached hydrogen (secondary N) is 1. The Morgan fingerprint density at radius 2 is 1.75 bits per heavy atom. The first-order chi connectivity index (χ1) is 22.9. The van der Waals surface area contributed by atoms with Gasteiger partial charge in [-0.3, -0.25) is 4.57 Å². The zero-order valence-corrected chi connectivity index (χ0v) is 30.5. The molecule has 5 fully saturated rings. The Hall–Kier alpha value is -1.71. The van der Waals surface area contributed by atoms with Gasteiger partial charge in [0.15, 0.2) is 0 Å². The monoisotopic (exact) mass is 690 g/mol. The van der Waals surface area contributed by atoms with Gasteiger partial charge in [-0.25, -0.2) is 9.59 Å². The summed E-state index contributed by atoms with van der Waals surface area (Å²) in [6.45, 7) is 11.8. The number of hydrogen-bond donors (Lipinski definition) is 2. The predicted octanol–water partition coefficient (Wildman–Crippen LogP) is 7.10. The van der Waals surface area contributed by atoms with E-state index in [2.05, 4.69) is 24.1 Å². The summed E-state index contributed by atoms with van der Waals surface area (Å²) in [5, 5.41) is 15.7. The van der Waals surface area contributed by atoms with Crippen LogP contribution in [0.3, 0.4) is 0 Å². The van der Waals surface area contributed by atoms with Crippen LogP contribution < -0.4 is 10.9 Å². The van der Waals surface area contributed by atoms with E-state index in [0.29, 0.717) is 31.2 Å². The number of aliphatic hydroxyl groups is 1. The molecular weight excluding hydrogens is 631 g/mol. The van der Waals surface area contributed by atoms with Gasteiger partial charge >= 0.3 is 19.3 Å². The average molecular weight is 691 g/mol. The number of hydrogen-bond acceptors (Lipinski definition) is 9. The summed E-state index contributed by atoms with van der Waals surface area (Å²) in [6.07, 6.45) is 12.9. The molecule has 1 aromatic heterocycles. The van der Waals surface area contributed by atoms with Crippen molar-refractivity contribution in [3.05, 3.63) is 34.4 Å². The Morgan fingerprint density at radius 1 is 1.00 bits per heavy atom. The van der Waals surface area contributed by atoms with Gasteiger partial charge in [-0.1, -0.05) is 13.8 Å². The number of carbonyl (C=O) groups is 1. The second-order valence-electron chi connectivity index (χ2n) is 15.9. The van der Waals surface area contributed by atoms with Gasteiger partial charge in [0.1, 0.15) is 6.10 Å². The number of likely N-dealkylation sites (tertiary alicyclic amines) is 1. The normalized spacial score (nSPS) is 37.3. The summed E-state index contributed by atoms with van der Waals surface area (Å²) in [7, 11) is -3.00. The smallest absolute Gasteiger partial charge is 0.407 e. The Morgan fingerprint density at radius 3 is 2.44 bits per heavy atom. The molecule has 5 aliphatic rings. The molecular formula is C37H59N2O8P. The van der Waals surface area contributed by atoms with E-state index in [4.69, 9.17) is 18.2 Å². The van der Waals surface area contributed by atoms with Crippen LogP contribution in [0.5, 0.6) is 0 Å². The molecule has 11 heteroatoms. The fraction of sp³-hybridized carbons (Fsp3) is 0.838. The number of nitrogens with zero attached hydrogens (tertiary/aromatic N) is 1. The average Bonchev–Trinajstić information content (AvgIpc) is 3.33. The lowest BCUT2D eigenvalue weighted by Crippen LogP contribution is -2.62. The molecule has 270 valence electrons. The van der Waals surface area contributed by atoms with Crippen LogP contribution in [0.4, 0.5) is 4.79 Å². The van der Waals surface area contributed by atoms with E-state index in [-0.39, 0.29) is 46.5 Å². The van der Waals surface area contributed by atoms with E-state index >= 15 is 0 Å². The molecule has 1 amide bonds. The highest BCUT2D eigenvalue weighted by Gasteiger charge is 2.67. The predicted molar refractivity (Wildman–Crippen MR) is 184 cm³/mol. The van der Waals surface area contributed by atoms with E-state index in [1.54, 1.807) is 6.26 Å². The maximum atomic E-state index is 13.0. The molecule has 48 heavy (non-hydrogen) atoms. The minimum Gasteiger partial charge on any atom is -0.446 e. The molecule has 10 nitrogen and oxygen atoms in total. The summed E-state index contributed by atoms with van der Waals surface area (Å²) in [4.78, 5) is 27.0. The lowest BCUT2D eigenvalue weighted by Gasteiger charge is -2.63. The van der Waals surface area contributed by atoms with Gasteiger partial charge in [0.25, 0.3) is 0 Å². The van der Waals surface area contributed by atoms with Crippen LogP contribution in [0, 0.1) is 28.6 Å². The molecule has 0 radical (unpaired) electrons. The molecule has 0 aromatic carbocycles. The summed E-state index contributed by atoms with van der Waals surface area (Å²) in [5.41, 5.74) is -0.106. The Balaban J connectivity index is 0.970. The van der Waals surface area contributed by atoms with Gasteiger partial charge in [-0.05, 0) is 138 Å². The minimum atomic E-state index is -3.00. The summed E-state index contributed by atoms with van der Waals surface area (Å²) in [5.74, 6) is 1.42. The first-order valence-electron chi connectivity index (χ1n) is 18.8. The number of amides is 1. The fourth-order valence-electron chi connectivity index (χ4n) is 11.1. The molecule has 0 unspecified atom stereocenters. The number of fused-ring (bicyclic) bond motifs is 5. The van der Waals surface area contributed by atoms with E-state index < -0.39 is 13.2 Å². The maximum absolute atomic E-state index is 13.0. The lowest BCUT2D eigenvalue weighted by atomic mass is 9.43. The Kier molecular flexibility index (Phi) is 10.9. The van der Waals surface area contributed by atoms with E-state index in [1.807, 2.05) is 19.9 Å². The van der Waals surface area contributed by atoms with Crippen molar-refractivity contribution in [2.45, 2.75) is 128 Å². The SMILES string of the molecule is CCOP(=O)(CCCN1CCC(NC(=O)O[C@H]2CC[C@@]3(C)[C@H](CC[C@@H]4[C@@H]3CC[C@]3(C)[C@@H](c5ccc(=O)oc5)CC[C@]43O)C2)CC1)OCC. The quantitative estimate of drug-likeness (QED) is 0.234. The van der Waals surface area contributed by atoms with Crippen LogP contribution in [0.1, 0.15) is 116 Å². The molecule has 8 atom stereocenters. The molecule has 4 aliphatic carbocycles. The van der Waals surface area contributed by atoms with Crippen molar-refractivity contribution in [1.82, 2.24) is 10.2 Å². The van der Waals surface area contributed by atoms with Gasteiger partial charge in [-0.15, -0.1) is 0 Å². The van der Waals surface area contributed by atoms with Crippen molar-refractivity contribution in [3.63, 3.8) is 0 Å². The zero-order chi connectivity index (χ0) is 34.2. The summed E-state index contributed by atoms with van der Waals surface area (Å²) < 4.78 is 34.9. The van der Waals surface area contributed by atoms with Crippen LogP contribution >= 0.6 is 7.60 Å². The number of alkyl carbamates (subject to hydrolysis) is 1. The topological polar surface area (TPSA) is 128 Å². The molecule has 2 heterocycles. The van der Waals surface area contributed by atoms with Crippen molar-refractivity contribution in [2.75, 3.05) is 39.0 Å². The van der Waals surface area contributed by atoms with Crippen molar-refractivity contribution in [3.8, 4) is 0 Å². The zero-order valence-electron chi connectivity index (χ0n) is 29.6. The number of ether oxygens (including phenoxy) is 1. The third kappa shape index (κ3) is 6.95. The molecule has 0 bridgehead atoms. The standard InChI is InChI=1S/C37H59N2O8P/c1-5-45-48(43,46-6-2)23-7-20-39-21-15-28(16-22-39)38-34(41)47-29-12-17-35(3)27(24-29)9-10-32-31(35)13-18-36(4)30(14-19-37(32,36)42)26-8-11-33(40)44-25-26/h8,11,25,27-32,42H,5-7,9-10,12-24H2,1-4H3,(H,38,41)/t27-,29+,30-,31+,32-,35+,36-,37+/m1/s1. The Bertz CT molecular complexity index is 1350. The van der Waals surface area contributed by atoms with Crippen molar-refractivity contribution in [2.24, 2.45) is 28.6 Å². The van der Waals surface area contributed by atoms with Crippen LogP contribution in [0.2, 0.25) is 0 Å².